The van der Waals surface area contributed by atoms with Gasteiger partial charge in [0, 0.05) is 18.7 Å². The standard InChI is InChI=1S/C14H10ClN5O3S/c1-16-11(21)9-6-10(23-20-9)12(22)17-14-19-18-13(24-14)7-4-2-3-5-8(7)15/h2-6H,1H3,(H,16,21)(H,17,19,22). The van der Waals surface area contributed by atoms with E-state index >= 15 is 0 Å². The second kappa shape index (κ2) is 6.77. The summed E-state index contributed by atoms with van der Waals surface area (Å²) in [5.41, 5.74) is 0.732. The highest BCUT2D eigenvalue weighted by Gasteiger charge is 2.18. The number of rotatable bonds is 4. The molecule has 24 heavy (non-hydrogen) atoms. The van der Waals surface area contributed by atoms with Gasteiger partial charge in [-0.3, -0.25) is 14.9 Å². The number of hydrogen-bond donors (Lipinski definition) is 2. The van der Waals surface area contributed by atoms with E-state index in [9.17, 15) is 9.59 Å². The number of benzene rings is 1. The van der Waals surface area contributed by atoms with Gasteiger partial charge in [-0.25, -0.2) is 0 Å². The van der Waals surface area contributed by atoms with Crippen LogP contribution in [0.5, 0.6) is 0 Å². The van der Waals surface area contributed by atoms with Gasteiger partial charge in [-0.05, 0) is 6.07 Å². The van der Waals surface area contributed by atoms with Crippen LogP contribution in [0.1, 0.15) is 21.0 Å². The van der Waals surface area contributed by atoms with Crippen LogP contribution in [0.4, 0.5) is 5.13 Å². The van der Waals surface area contributed by atoms with E-state index in [2.05, 4.69) is 26.0 Å². The van der Waals surface area contributed by atoms with E-state index in [4.69, 9.17) is 16.1 Å². The van der Waals surface area contributed by atoms with Gasteiger partial charge in [-0.2, -0.15) is 0 Å². The van der Waals surface area contributed by atoms with Crippen molar-refractivity contribution in [3.8, 4) is 10.6 Å². The quantitative estimate of drug-likeness (QED) is 0.736. The first-order valence-electron chi connectivity index (χ1n) is 6.67. The van der Waals surface area contributed by atoms with E-state index in [0.29, 0.717) is 10.0 Å². The Morgan fingerprint density at radius 2 is 2.00 bits per heavy atom. The molecule has 10 heteroatoms. The number of hydrogen-bond acceptors (Lipinski definition) is 7. The van der Waals surface area contributed by atoms with Gasteiger partial charge in [0.2, 0.25) is 10.9 Å². The third kappa shape index (κ3) is 3.26. The van der Waals surface area contributed by atoms with Crippen molar-refractivity contribution in [3.05, 3.63) is 46.8 Å². The Hall–Kier alpha value is -2.78. The lowest BCUT2D eigenvalue weighted by Crippen LogP contribution is -2.18. The largest absolute Gasteiger partial charge is 0.354 e. The lowest BCUT2D eigenvalue weighted by Gasteiger charge is -1.97. The minimum Gasteiger partial charge on any atom is -0.354 e. The van der Waals surface area contributed by atoms with Crippen molar-refractivity contribution in [2.75, 3.05) is 12.4 Å². The predicted octanol–water partition coefficient (Wildman–Crippen LogP) is 2.46. The van der Waals surface area contributed by atoms with Crippen LogP contribution in [0.2, 0.25) is 5.02 Å². The first-order chi connectivity index (χ1) is 11.6. The van der Waals surface area contributed by atoms with Gasteiger partial charge in [-0.1, -0.05) is 46.3 Å². The molecule has 1 aromatic carbocycles. The summed E-state index contributed by atoms with van der Waals surface area (Å²) in [6, 6.07) is 8.43. The average Bonchev–Trinajstić information content (AvgIpc) is 3.24. The molecule has 0 aliphatic carbocycles. The summed E-state index contributed by atoms with van der Waals surface area (Å²) in [5, 5.41) is 17.7. The van der Waals surface area contributed by atoms with E-state index in [1.165, 1.54) is 13.1 Å². The number of aromatic nitrogens is 3. The molecule has 2 N–H and O–H groups in total. The molecular weight excluding hydrogens is 354 g/mol. The summed E-state index contributed by atoms with van der Waals surface area (Å²) in [4.78, 5) is 23.5. The molecule has 2 heterocycles. The van der Waals surface area contributed by atoms with Crippen molar-refractivity contribution in [2.45, 2.75) is 0 Å². The van der Waals surface area contributed by atoms with Gasteiger partial charge in [0.25, 0.3) is 11.8 Å². The highest BCUT2D eigenvalue weighted by Crippen LogP contribution is 2.31. The smallest absolute Gasteiger partial charge is 0.296 e. The zero-order valence-corrected chi connectivity index (χ0v) is 13.8. The molecule has 122 valence electrons. The van der Waals surface area contributed by atoms with Crippen LogP contribution in [0, 0.1) is 0 Å². The fraction of sp³-hybridized carbons (Fsp3) is 0.0714. The Labute approximate surface area is 144 Å². The van der Waals surface area contributed by atoms with Crippen LogP contribution in [0.25, 0.3) is 10.6 Å². The van der Waals surface area contributed by atoms with E-state index in [0.717, 1.165) is 16.9 Å². The molecule has 0 spiro atoms. The van der Waals surface area contributed by atoms with Crippen LogP contribution >= 0.6 is 22.9 Å². The SMILES string of the molecule is CNC(=O)c1cc(C(=O)Nc2nnc(-c3ccccc3Cl)s2)on1. The van der Waals surface area contributed by atoms with Crippen LogP contribution in [0.15, 0.2) is 34.9 Å². The van der Waals surface area contributed by atoms with Crippen molar-refractivity contribution in [2.24, 2.45) is 0 Å². The predicted molar refractivity (Wildman–Crippen MR) is 88.2 cm³/mol. The molecule has 0 saturated heterocycles. The Bertz CT molecular complexity index is 907. The zero-order chi connectivity index (χ0) is 17.1. The Kier molecular flexibility index (Phi) is 4.54. The molecule has 0 aliphatic heterocycles. The van der Waals surface area contributed by atoms with Crippen LogP contribution in [0.3, 0.4) is 0 Å². The average molecular weight is 364 g/mol. The Morgan fingerprint density at radius 3 is 2.75 bits per heavy atom. The van der Waals surface area contributed by atoms with Crippen LogP contribution in [-0.4, -0.2) is 34.2 Å². The van der Waals surface area contributed by atoms with Crippen molar-refractivity contribution in [3.63, 3.8) is 0 Å². The maximum atomic E-state index is 12.1. The molecule has 3 rings (SSSR count). The van der Waals surface area contributed by atoms with Crippen molar-refractivity contribution in [1.29, 1.82) is 0 Å². The maximum Gasteiger partial charge on any atom is 0.296 e. The summed E-state index contributed by atoms with van der Waals surface area (Å²) in [6.45, 7) is 0. The lowest BCUT2D eigenvalue weighted by molar-refractivity contribution is 0.0947. The van der Waals surface area contributed by atoms with Gasteiger partial charge in [0.05, 0.1) is 5.02 Å². The van der Waals surface area contributed by atoms with Gasteiger partial charge in [0.15, 0.2) is 10.7 Å². The number of carbonyl (C=O) groups excluding carboxylic acids is 2. The zero-order valence-electron chi connectivity index (χ0n) is 12.2. The minimum atomic E-state index is -0.584. The van der Waals surface area contributed by atoms with E-state index in [1.54, 1.807) is 12.1 Å². The molecule has 2 amide bonds. The van der Waals surface area contributed by atoms with Gasteiger partial charge < -0.3 is 9.84 Å². The highest BCUT2D eigenvalue weighted by molar-refractivity contribution is 7.18. The number of amides is 2. The van der Waals surface area contributed by atoms with Crippen molar-refractivity contribution in [1.82, 2.24) is 20.7 Å². The van der Waals surface area contributed by atoms with Crippen molar-refractivity contribution >= 4 is 39.9 Å². The number of nitrogens with one attached hydrogen (secondary N) is 2. The second-order valence-electron chi connectivity index (χ2n) is 4.50. The van der Waals surface area contributed by atoms with Crippen LogP contribution < -0.4 is 10.6 Å². The molecule has 8 nitrogen and oxygen atoms in total. The fourth-order valence-electron chi connectivity index (χ4n) is 1.79. The van der Waals surface area contributed by atoms with Crippen LogP contribution in [-0.2, 0) is 0 Å². The monoisotopic (exact) mass is 363 g/mol. The Morgan fingerprint density at radius 1 is 1.21 bits per heavy atom. The fourth-order valence-corrected chi connectivity index (χ4v) is 2.85. The highest BCUT2D eigenvalue weighted by atomic mass is 35.5. The van der Waals surface area contributed by atoms with Crippen molar-refractivity contribution < 1.29 is 14.1 Å². The molecule has 2 aromatic heterocycles. The van der Waals surface area contributed by atoms with E-state index in [1.807, 2.05) is 12.1 Å². The number of halogens is 1. The Balaban J connectivity index is 1.75. The summed E-state index contributed by atoms with van der Waals surface area (Å²) in [5.74, 6) is -1.14. The third-order valence-electron chi connectivity index (χ3n) is 2.94. The molecule has 0 aliphatic rings. The lowest BCUT2D eigenvalue weighted by atomic mass is 10.2. The summed E-state index contributed by atoms with van der Waals surface area (Å²) >= 11 is 7.27. The second-order valence-corrected chi connectivity index (χ2v) is 5.89. The first kappa shape index (κ1) is 16.1. The third-order valence-corrected chi connectivity index (χ3v) is 4.14. The molecule has 0 radical (unpaired) electrons. The molecule has 3 aromatic rings. The van der Waals surface area contributed by atoms with Gasteiger partial charge in [-0.15, -0.1) is 10.2 Å². The molecule has 0 fully saturated rings. The number of carbonyl (C=O) groups is 2. The van der Waals surface area contributed by atoms with Gasteiger partial charge in [0.1, 0.15) is 0 Å². The van der Waals surface area contributed by atoms with Gasteiger partial charge >= 0.3 is 0 Å². The molecule has 0 bridgehead atoms. The first-order valence-corrected chi connectivity index (χ1v) is 7.86. The summed E-state index contributed by atoms with van der Waals surface area (Å²) in [7, 11) is 1.45. The number of anilines is 1. The normalized spacial score (nSPS) is 10.4. The van der Waals surface area contributed by atoms with E-state index < -0.39 is 11.8 Å². The maximum absolute atomic E-state index is 12.1. The molecular formula is C14H10ClN5O3S. The number of nitrogens with zero attached hydrogens (tertiary/aromatic N) is 3. The molecule has 0 atom stereocenters. The summed E-state index contributed by atoms with van der Waals surface area (Å²) in [6.07, 6.45) is 0. The topological polar surface area (TPSA) is 110 Å². The molecule has 0 saturated carbocycles. The summed E-state index contributed by atoms with van der Waals surface area (Å²) < 4.78 is 4.84. The molecule has 0 unspecified atom stereocenters. The minimum absolute atomic E-state index is 0.0108. The van der Waals surface area contributed by atoms with E-state index in [-0.39, 0.29) is 16.6 Å².